The van der Waals surface area contributed by atoms with Crippen LogP contribution in [0.5, 0.6) is 0 Å². The van der Waals surface area contributed by atoms with Gasteiger partial charge in [0.1, 0.15) is 0 Å². The maximum absolute atomic E-state index is 5.92. The van der Waals surface area contributed by atoms with Gasteiger partial charge < -0.3 is 10.1 Å². The van der Waals surface area contributed by atoms with E-state index in [9.17, 15) is 0 Å². The zero-order chi connectivity index (χ0) is 13.3. The third-order valence-electron chi connectivity index (χ3n) is 3.17. The molecule has 0 rings (SSSR count). The van der Waals surface area contributed by atoms with E-state index in [4.69, 9.17) is 4.74 Å². The van der Waals surface area contributed by atoms with E-state index in [0.717, 1.165) is 19.1 Å². The van der Waals surface area contributed by atoms with E-state index in [-0.39, 0.29) is 5.60 Å². The van der Waals surface area contributed by atoms with Crippen LogP contribution in [0, 0.1) is 5.92 Å². The molecule has 0 aliphatic rings. The second kappa shape index (κ2) is 8.93. The molecule has 0 aliphatic heterocycles. The molecule has 0 saturated heterocycles. The lowest BCUT2D eigenvalue weighted by Gasteiger charge is -2.27. The summed E-state index contributed by atoms with van der Waals surface area (Å²) >= 11 is 0. The van der Waals surface area contributed by atoms with Crippen LogP contribution in [-0.2, 0) is 4.74 Å². The Bertz CT molecular complexity index is 170. The number of nitrogens with one attached hydrogen (secondary N) is 1. The minimum atomic E-state index is -0.0277. The SMILES string of the molecule is CCCNC(COC(C)(C)C)CC(CC)CC. The van der Waals surface area contributed by atoms with Gasteiger partial charge in [0.25, 0.3) is 0 Å². The Hall–Kier alpha value is -0.0800. The van der Waals surface area contributed by atoms with Crippen LogP contribution in [0.15, 0.2) is 0 Å². The van der Waals surface area contributed by atoms with Crippen LogP contribution < -0.4 is 5.32 Å². The smallest absolute Gasteiger partial charge is 0.0626 e. The molecule has 1 unspecified atom stereocenters. The van der Waals surface area contributed by atoms with E-state index in [2.05, 4.69) is 46.9 Å². The van der Waals surface area contributed by atoms with E-state index >= 15 is 0 Å². The first-order valence-electron chi connectivity index (χ1n) is 7.30. The number of rotatable bonds is 9. The van der Waals surface area contributed by atoms with Crippen molar-refractivity contribution in [3.05, 3.63) is 0 Å². The Labute approximate surface area is 109 Å². The molecule has 0 heterocycles. The Balaban J connectivity index is 4.12. The summed E-state index contributed by atoms with van der Waals surface area (Å²) in [5.41, 5.74) is -0.0277. The van der Waals surface area contributed by atoms with Gasteiger partial charge in [0.15, 0.2) is 0 Å². The predicted molar refractivity (Wildman–Crippen MR) is 76.5 cm³/mol. The minimum Gasteiger partial charge on any atom is -0.374 e. The van der Waals surface area contributed by atoms with Crippen LogP contribution in [-0.4, -0.2) is 24.8 Å². The third-order valence-corrected chi connectivity index (χ3v) is 3.17. The molecular weight excluding hydrogens is 210 g/mol. The average Bonchev–Trinajstić information content (AvgIpc) is 2.27. The normalized spacial score (nSPS) is 14.3. The maximum atomic E-state index is 5.92. The van der Waals surface area contributed by atoms with E-state index in [1.54, 1.807) is 0 Å². The summed E-state index contributed by atoms with van der Waals surface area (Å²) in [6.07, 6.45) is 4.98. The summed E-state index contributed by atoms with van der Waals surface area (Å²) in [7, 11) is 0. The van der Waals surface area contributed by atoms with E-state index in [0.29, 0.717) is 6.04 Å². The van der Waals surface area contributed by atoms with Gasteiger partial charge in [-0.05, 0) is 46.1 Å². The maximum Gasteiger partial charge on any atom is 0.0626 e. The van der Waals surface area contributed by atoms with Crippen molar-refractivity contribution in [2.75, 3.05) is 13.2 Å². The quantitative estimate of drug-likeness (QED) is 0.661. The molecule has 2 nitrogen and oxygen atoms in total. The highest BCUT2D eigenvalue weighted by Gasteiger charge is 2.17. The summed E-state index contributed by atoms with van der Waals surface area (Å²) in [4.78, 5) is 0. The van der Waals surface area contributed by atoms with Crippen molar-refractivity contribution >= 4 is 0 Å². The molecule has 17 heavy (non-hydrogen) atoms. The fourth-order valence-corrected chi connectivity index (χ4v) is 1.93. The lowest BCUT2D eigenvalue weighted by molar-refractivity contribution is -0.0174. The molecule has 1 N–H and O–H groups in total. The van der Waals surface area contributed by atoms with Gasteiger partial charge >= 0.3 is 0 Å². The van der Waals surface area contributed by atoms with Crippen LogP contribution in [0.25, 0.3) is 0 Å². The van der Waals surface area contributed by atoms with Gasteiger partial charge in [0.2, 0.25) is 0 Å². The third kappa shape index (κ3) is 9.61. The largest absolute Gasteiger partial charge is 0.374 e. The molecule has 0 spiro atoms. The van der Waals surface area contributed by atoms with Crippen LogP contribution in [0.4, 0.5) is 0 Å². The predicted octanol–water partition coefficient (Wildman–Crippen LogP) is 4.00. The molecule has 104 valence electrons. The van der Waals surface area contributed by atoms with E-state index in [1.807, 2.05) is 0 Å². The van der Waals surface area contributed by atoms with E-state index in [1.165, 1.54) is 25.7 Å². The van der Waals surface area contributed by atoms with Gasteiger partial charge in [-0.2, -0.15) is 0 Å². The van der Waals surface area contributed by atoms with E-state index < -0.39 is 0 Å². The van der Waals surface area contributed by atoms with Gasteiger partial charge in [-0.15, -0.1) is 0 Å². The summed E-state index contributed by atoms with van der Waals surface area (Å²) < 4.78 is 5.92. The Morgan fingerprint density at radius 2 is 1.65 bits per heavy atom. The zero-order valence-electron chi connectivity index (χ0n) is 12.8. The lowest BCUT2D eigenvalue weighted by atomic mass is 9.95. The fraction of sp³-hybridized carbons (Fsp3) is 1.00. The van der Waals surface area contributed by atoms with Crippen molar-refractivity contribution in [1.82, 2.24) is 5.32 Å². The van der Waals surface area contributed by atoms with Crippen LogP contribution in [0.2, 0.25) is 0 Å². The van der Waals surface area contributed by atoms with Gasteiger partial charge in [0.05, 0.1) is 12.2 Å². The van der Waals surface area contributed by atoms with Gasteiger partial charge in [-0.25, -0.2) is 0 Å². The topological polar surface area (TPSA) is 21.3 Å². The average molecular weight is 243 g/mol. The van der Waals surface area contributed by atoms with Crippen molar-refractivity contribution in [2.45, 2.75) is 78.9 Å². The zero-order valence-corrected chi connectivity index (χ0v) is 12.8. The molecule has 2 heteroatoms. The molecule has 0 radical (unpaired) electrons. The Kier molecular flexibility index (Phi) is 8.89. The van der Waals surface area contributed by atoms with Gasteiger partial charge in [0, 0.05) is 6.04 Å². The van der Waals surface area contributed by atoms with Crippen molar-refractivity contribution in [1.29, 1.82) is 0 Å². The molecule has 0 amide bonds. The Morgan fingerprint density at radius 3 is 2.06 bits per heavy atom. The summed E-state index contributed by atoms with van der Waals surface area (Å²) in [6, 6.07) is 0.513. The summed E-state index contributed by atoms with van der Waals surface area (Å²) in [5, 5.41) is 3.62. The van der Waals surface area contributed by atoms with Crippen molar-refractivity contribution in [2.24, 2.45) is 5.92 Å². The minimum absolute atomic E-state index is 0.0277. The van der Waals surface area contributed by atoms with Crippen LogP contribution in [0.3, 0.4) is 0 Å². The fourth-order valence-electron chi connectivity index (χ4n) is 1.93. The number of hydrogen-bond acceptors (Lipinski definition) is 2. The monoisotopic (exact) mass is 243 g/mol. The second-order valence-corrected chi connectivity index (χ2v) is 5.99. The van der Waals surface area contributed by atoms with Crippen LogP contribution >= 0.6 is 0 Å². The summed E-state index contributed by atoms with van der Waals surface area (Å²) in [6.45, 7) is 15.1. The number of hydrogen-bond donors (Lipinski definition) is 1. The highest BCUT2D eigenvalue weighted by atomic mass is 16.5. The highest BCUT2D eigenvalue weighted by Crippen LogP contribution is 2.17. The standard InChI is InChI=1S/C15H33NO/c1-7-10-16-14(11-13(8-2)9-3)12-17-15(4,5)6/h13-14,16H,7-12H2,1-6H3. The second-order valence-electron chi connectivity index (χ2n) is 5.99. The number of ether oxygens (including phenoxy) is 1. The first-order valence-corrected chi connectivity index (χ1v) is 7.30. The van der Waals surface area contributed by atoms with Crippen LogP contribution in [0.1, 0.15) is 67.2 Å². The first kappa shape index (κ1) is 16.9. The van der Waals surface area contributed by atoms with Crippen molar-refractivity contribution < 1.29 is 4.74 Å². The summed E-state index contributed by atoms with van der Waals surface area (Å²) in [5.74, 6) is 0.827. The van der Waals surface area contributed by atoms with Gasteiger partial charge in [-0.1, -0.05) is 33.6 Å². The van der Waals surface area contributed by atoms with Gasteiger partial charge in [-0.3, -0.25) is 0 Å². The lowest BCUT2D eigenvalue weighted by Crippen LogP contribution is -2.38. The van der Waals surface area contributed by atoms with Crippen molar-refractivity contribution in [3.63, 3.8) is 0 Å². The molecular formula is C15H33NO. The first-order chi connectivity index (χ1) is 7.92. The molecule has 0 saturated carbocycles. The molecule has 1 atom stereocenters. The highest BCUT2D eigenvalue weighted by molar-refractivity contribution is 4.72. The molecule has 0 aliphatic carbocycles. The molecule has 0 aromatic heterocycles. The molecule has 0 aromatic rings. The molecule has 0 fully saturated rings. The Morgan fingerprint density at radius 1 is 1.06 bits per heavy atom. The molecule has 0 bridgehead atoms. The van der Waals surface area contributed by atoms with Crippen molar-refractivity contribution in [3.8, 4) is 0 Å². The molecule has 0 aromatic carbocycles.